The van der Waals surface area contributed by atoms with Gasteiger partial charge in [0.25, 0.3) is 0 Å². The normalized spacial score (nSPS) is 18.9. The molecule has 1 aromatic rings. The summed E-state index contributed by atoms with van der Waals surface area (Å²) in [7, 11) is 0. The summed E-state index contributed by atoms with van der Waals surface area (Å²) in [5.41, 5.74) is 2.98. The van der Waals surface area contributed by atoms with Gasteiger partial charge in [0.1, 0.15) is 5.75 Å². The molecule has 0 atom stereocenters. The number of aryl methyl sites for hydroxylation is 2. The van der Waals surface area contributed by atoms with Crippen LogP contribution in [-0.2, 0) is 0 Å². The summed E-state index contributed by atoms with van der Waals surface area (Å²) in [6, 6.07) is 6.41. The van der Waals surface area contributed by atoms with Gasteiger partial charge in [0.15, 0.2) is 0 Å². The summed E-state index contributed by atoms with van der Waals surface area (Å²) in [5.74, 6) is 1.02. The van der Waals surface area contributed by atoms with Crippen LogP contribution in [0.2, 0.25) is 0 Å². The van der Waals surface area contributed by atoms with Gasteiger partial charge in [-0.25, -0.2) is 0 Å². The fraction of sp³-hybridized carbons (Fsp3) is 0.647. The van der Waals surface area contributed by atoms with Gasteiger partial charge in [-0.1, -0.05) is 47.7 Å². The highest BCUT2D eigenvalue weighted by Crippen LogP contribution is 2.37. The van der Waals surface area contributed by atoms with Crippen LogP contribution in [0.1, 0.15) is 49.7 Å². The van der Waals surface area contributed by atoms with Crippen LogP contribution in [0, 0.1) is 19.3 Å². The minimum atomic E-state index is 0.343. The molecule has 106 valence electrons. The van der Waals surface area contributed by atoms with E-state index in [9.17, 15) is 0 Å². The van der Waals surface area contributed by atoms with E-state index in [0.717, 1.165) is 17.7 Å². The van der Waals surface area contributed by atoms with Gasteiger partial charge in [-0.3, -0.25) is 0 Å². The van der Waals surface area contributed by atoms with Crippen LogP contribution in [0.5, 0.6) is 5.75 Å². The summed E-state index contributed by atoms with van der Waals surface area (Å²) >= 11 is 3.72. The van der Waals surface area contributed by atoms with E-state index in [1.54, 1.807) is 0 Å². The molecule has 0 amide bonds. The molecule has 1 aliphatic rings. The molecule has 0 radical (unpaired) electrons. The summed E-state index contributed by atoms with van der Waals surface area (Å²) in [5, 5.41) is 1.06. The molecular formula is C17H25BrO. The molecule has 0 N–H and O–H groups in total. The Hall–Kier alpha value is -0.500. The van der Waals surface area contributed by atoms with Crippen LogP contribution in [-0.4, -0.2) is 11.9 Å². The van der Waals surface area contributed by atoms with Crippen molar-refractivity contribution >= 4 is 15.9 Å². The predicted octanol–water partition coefficient (Wildman–Crippen LogP) is 5.42. The van der Waals surface area contributed by atoms with Crippen molar-refractivity contribution in [3.8, 4) is 5.75 Å². The monoisotopic (exact) mass is 324 g/mol. The highest BCUT2D eigenvalue weighted by atomic mass is 79.9. The highest BCUT2D eigenvalue weighted by Gasteiger charge is 2.30. The molecule has 0 spiro atoms. The minimum absolute atomic E-state index is 0.343. The molecule has 1 fully saturated rings. The van der Waals surface area contributed by atoms with Gasteiger partial charge < -0.3 is 4.74 Å². The lowest BCUT2D eigenvalue weighted by molar-refractivity contribution is 0.149. The number of halogens is 1. The molecule has 0 aromatic heterocycles. The first-order valence-electron chi connectivity index (χ1n) is 7.41. The van der Waals surface area contributed by atoms with Crippen LogP contribution in [0.3, 0.4) is 0 Å². The van der Waals surface area contributed by atoms with Crippen LogP contribution in [0.4, 0.5) is 0 Å². The molecule has 1 nitrogen and oxygen atoms in total. The minimum Gasteiger partial charge on any atom is -0.493 e. The smallest absolute Gasteiger partial charge is 0.119 e. The second-order valence-electron chi connectivity index (χ2n) is 6.08. The molecule has 1 aliphatic carbocycles. The van der Waals surface area contributed by atoms with E-state index in [1.165, 1.54) is 49.7 Å². The van der Waals surface area contributed by atoms with Crippen molar-refractivity contribution in [1.29, 1.82) is 0 Å². The summed E-state index contributed by atoms with van der Waals surface area (Å²) in [4.78, 5) is 0. The van der Waals surface area contributed by atoms with Crippen LogP contribution < -0.4 is 4.74 Å². The Balaban J connectivity index is 2.00. The number of alkyl halides is 1. The fourth-order valence-electron chi connectivity index (χ4n) is 2.84. The molecule has 0 heterocycles. The molecule has 0 saturated heterocycles. The highest BCUT2D eigenvalue weighted by molar-refractivity contribution is 9.09. The Morgan fingerprint density at radius 2 is 1.74 bits per heavy atom. The van der Waals surface area contributed by atoms with Gasteiger partial charge in [-0.05, 0) is 49.9 Å². The van der Waals surface area contributed by atoms with E-state index in [2.05, 4.69) is 48.0 Å². The van der Waals surface area contributed by atoms with Crippen molar-refractivity contribution in [3.63, 3.8) is 0 Å². The second kappa shape index (κ2) is 6.78. The lowest BCUT2D eigenvalue weighted by atomic mass is 9.83. The molecule has 0 aliphatic heterocycles. The second-order valence-corrected chi connectivity index (χ2v) is 6.64. The van der Waals surface area contributed by atoms with Crippen molar-refractivity contribution in [2.24, 2.45) is 5.41 Å². The van der Waals surface area contributed by atoms with Crippen molar-refractivity contribution in [2.75, 3.05) is 11.9 Å². The average molecular weight is 325 g/mol. The zero-order valence-electron chi connectivity index (χ0n) is 12.2. The van der Waals surface area contributed by atoms with Gasteiger partial charge in [0.2, 0.25) is 0 Å². The summed E-state index contributed by atoms with van der Waals surface area (Å²) < 4.78 is 6.10. The largest absolute Gasteiger partial charge is 0.493 e. The Morgan fingerprint density at radius 1 is 1.05 bits per heavy atom. The maximum absolute atomic E-state index is 6.10. The zero-order chi connectivity index (χ0) is 13.7. The molecule has 2 rings (SSSR count). The summed E-state index contributed by atoms with van der Waals surface area (Å²) in [6.07, 6.45) is 8.06. The number of ether oxygens (including phenoxy) is 1. The molecular weight excluding hydrogens is 300 g/mol. The number of hydrogen-bond donors (Lipinski definition) is 0. The van der Waals surface area contributed by atoms with E-state index in [4.69, 9.17) is 4.74 Å². The lowest BCUT2D eigenvalue weighted by Crippen LogP contribution is -2.30. The molecule has 1 saturated carbocycles. The Morgan fingerprint density at radius 3 is 2.32 bits per heavy atom. The van der Waals surface area contributed by atoms with E-state index < -0.39 is 0 Å². The van der Waals surface area contributed by atoms with Gasteiger partial charge in [0.05, 0.1) is 6.61 Å². The standard InChI is InChI=1S/C17H25BrO/c1-14-7-8-16(11-15(14)2)19-13-17(12-18)9-5-3-4-6-10-17/h7-8,11H,3-6,9-10,12-13H2,1-2H3. The molecule has 0 unspecified atom stereocenters. The van der Waals surface area contributed by atoms with Gasteiger partial charge in [-0.2, -0.15) is 0 Å². The van der Waals surface area contributed by atoms with Crippen molar-refractivity contribution < 1.29 is 4.74 Å². The quantitative estimate of drug-likeness (QED) is 0.531. The summed E-state index contributed by atoms with van der Waals surface area (Å²) in [6.45, 7) is 5.14. The fourth-order valence-corrected chi connectivity index (χ4v) is 3.56. The third-order valence-electron chi connectivity index (χ3n) is 4.47. The first-order valence-corrected chi connectivity index (χ1v) is 8.53. The first-order chi connectivity index (χ1) is 9.15. The molecule has 1 aromatic carbocycles. The Kier molecular flexibility index (Phi) is 5.32. The Bertz CT molecular complexity index is 406. The molecule has 19 heavy (non-hydrogen) atoms. The van der Waals surface area contributed by atoms with E-state index in [1.807, 2.05) is 0 Å². The van der Waals surface area contributed by atoms with Crippen LogP contribution in [0.15, 0.2) is 18.2 Å². The lowest BCUT2D eigenvalue weighted by Gasteiger charge is -2.30. The van der Waals surface area contributed by atoms with Gasteiger partial charge >= 0.3 is 0 Å². The van der Waals surface area contributed by atoms with E-state index in [-0.39, 0.29) is 0 Å². The Labute approximate surface area is 125 Å². The maximum Gasteiger partial charge on any atom is 0.119 e. The van der Waals surface area contributed by atoms with Crippen molar-refractivity contribution in [2.45, 2.75) is 52.4 Å². The number of hydrogen-bond acceptors (Lipinski definition) is 1. The third-order valence-corrected chi connectivity index (χ3v) is 5.66. The molecule has 0 bridgehead atoms. The van der Waals surface area contributed by atoms with Gasteiger partial charge in [0, 0.05) is 10.7 Å². The van der Waals surface area contributed by atoms with E-state index in [0.29, 0.717) is 5.41 Å². The topological polar surface area (TPSA) is 9.23 Å². The van der Waals surface area contributed by atoms with Crippen molar-refractivity contribution in [1.82, 2.24) is 0 Å². The van der Waals surface area contributed by atoms with Crippen LogP contribution in [0.25, 0.3) is 0 Å². The number of benzene rings is 1. The number of rotatable bonds is 4. The zero-order valence-corrected chi connectivity index (χ0v) is 13.8. The predicted molar refractivity (Wildman–Crippen MR) is 85.3 cm³/mol. The van der Waals surface area contributed by atoms with E-state index >= 15 is 0 Å². The van der Waals surface area contributed by atoms with Gasteiger partial charge in [-0.15, -0.1) is 0 Å². The average Bonchev–Trinajstić information content (AvgIpc) is 2.66. The first kappa shape index (κ1) is 14.9. The SMILES string of the molecule is Cc1ccc(OCC2(CBr)CCCCCC2)cc1C. The third kappa shape index (κ3) is 3.98. The molecule has 2 heteroatoms. The maximum atomic E-state index is 6.10. The van der Waals surface area contributed by atoms with Crippen LogP contribution >= 0.6 is 15.9 Å². The van der Waals surface area contributed by atoms with Crippen molar-refractivity contribution in [3.05, 3.63) is 29.3 Å².